The van der Waals surface area contributed by atoms with Crippen molar-refractivity contribution in [1.29, 1.82) is 0 Å². The molecule has 2 aromatic carbocycles. The predicted octanol–water partition coefficient (Wildman–Crippen LogP) is 1.52. The standard InChI is InChI=1S/C21H25N5O2/c1-22-20(28)16-10-8-15(9-11-16)13-24-21(23-2)25-17-12-19(27)26(14-17)18-6-4-3-5-7-18/h3-11,17H,12-14H2,1-2H3,(H,22,28)(H2,23,24,25). The lowest BCUT2D eigenvalue weighted by molar-refractivity contribution is -0.117. The molecule has 2 aromatic rings. The summed E-state index contributed by atoms with van der Waals surface area (Å²) >= 11 is 0. The van der Waals surface area contributed by atoms with Gasteiger partial charge in [0, 0.05) is 44.9 Å². The summed E-state index contributed by atoms with van der Waals surface area (Å²) in [6.07, 6.45) is 0.427. The maximum absolute atomic E-state index is 12.3. The third kappa shape index (κ3) is 4.68. The molecule has 0 radical (unpaired) electrons. The molecule has 1 heterocycles. The van der Waals surface area contributed by atoms with E-state index in [1.165, 1.54) is 0 Å². The minimum Gasteiger partial charge on any atom is -0.355 e. The van der Waals surface area contributed by atoms with Gasteiger partial charge in [-0.2, -0.15) is 0 Å². The number of aliphatic imine (C=N–C) groups is 1. The van der Waals surface area contributed by atoms with Gasteiger partial charge in [0.2, 0.25) is 5.91 Å². The molecular formula is C21H25N5O2. The van der Waals surface area contributed by atoms with Crippen LogP contribution in [0.15, 0.2) is 59.6 Å². The summed E-state index contributed by atoms with van der Waals surface area (Å²) in [4.78, 5) is 30.0. The number of para-hydroxylation sites is 1. The van der Waals surface area contributed by atoms with Crippen LogP contribution in [0.5, 0.6) is 0 Å². The summed E-state index contributed by atoms with van der Waals surface area (Å²) in [7, 11) is 3.32. The van der Waals surface area contributed by atoms with Crippen molar-refractivity contribution in [2.75, 3.05) is 25.5 Å². The average Bonchev–Trinajstić information content (AvgIpc) is 3.11. The van der Waals surface area contributed by atoms with Crippen LogP contribution in [0.25, 0.3) is 0 Å². The van der Waals surface area contributed by atoms with Crippen LogP contribution >= 0.6 is 0 Å². The number of carbonyl (C=O) groups excluding carboxylic acids is 2. The molecule has 0 aromatic heterocycles. The number of guanidine groups is 1. The number of carbonyl (C=O) groups is 2. The summed E-state index contributed by atoms with van der Waals surface area (Å²) < 4.78 is 0. The summed E-state index contributed by atoms with van der Waals surface area (Å²) in [6.45, 7) is 1.17. The van der Waals surface area contributed by atoms with Crippen molar-refractivity contribution in [2.24, 2.45) is 4.99 Å². The van der Waals surface area contributed by atoms with E-state index >= 15 is 0 Å². The number of benzene rings is 2. The van der Waals surface area contributed by atoms with Gasteiger partial charge in [-0.05, 0) is 29.8 Å². The Bertz CT molecular complexity index is 849. The Balaban J connectivity index is 1.54. The SMILES string of the molecule is CN=C(NCc1ccc(C(=O)NC)cc1)NC1CC(=O)N(c2ccccc2)C1. The van der Waals surface area contributed by atoms with Crippen molar-refractivity contribution in [3.05, 3.63) is 65.7 Å². The van der Waals surface area contributed by atoms with E-state index in [2.05, 4.69) is 20.9 Å². The molecular weight excluding hydrogens is 354 g/mol. The van der Waals surface area contributed by atoms with Crippen LogP contribution < -0.4 is 20.9 Å². The summed E-state index contributed by atoms with van der Waals surface area (Å²) in [5, 5.41) is 9.17. The van der Waals surface area contributed by atoms with E-state index in [0.29, 0.717) is 31.0 Å². The number of hydrogen-bond acceptors (Lipinski definition) is 3. The summed E-state index contributed by atoms with van der Waals surface area (Å²) in [5.41, 5.74) is 2.57. The third-order valence-electron chi connectivity index (χ3n) is 4.66. The van der Waals surface area contributed by atoms with Gasteiger partial charge in [0.1, 0.15) is 0 Å². The molecule has 28 heavy (non-hydrogen) atoms. The lowest BCUT2D eigenvalue weighted by Gasteiger charge is -2.19. The van der Waals surface area contributed by atoms with Gasteiger partial charge in [-0.25, -0.2) is 0 Å². The van der Waals surface area contributed by atoms with Crippen molar-refractivity contribution in [1.82, 2.24) is 16.0 Å². The first-order chi connectivity index (χ1) is 13.6. The van der Waals surface area contributed by atoms with Crippen LogP contribution in [0.4, 0.5) is 5.69 Å². The largest absolute Gasteiger partial charge is 0.355 e. The van der Waals surface area contributed by atoms with Gasteiger partial charge in [0.25, 0.3) is 5.91 Å². The number of nitrogens with one attached hydrogen (secondary N) is 3. The van der Waals surface area contributed by atoms with Crippen LogP contribution in [-0.2, 0) is 11.3 Å². The fourth-order valence-electron chi connectivity index (χ4n) is 3.15. The van der Waals surface area contributed by atoms with Crippen LogP contribution in [-0.4, -0.2) is 44.5 Å². The quantitative estimate of drug-likeness (QED) is 0.543. The Morgan fingerprint density at radius 2 is 1.86 bits per heavy atom. The minimum atomic E-state index is -0.106. The molecule has 1 fully saturated rings. The molecule has 1 atom stereocenters. The highest BCUT2D eigenvalue weighted by molar-refractivity contribution is 5.97. The Hall–Kier alpha value is -3.35. The highest BCUT2D eigenvalue weighted by Gasteiger charge is 2.30. The molecule has 1 saturated heterocycles. The molecule has 0 spiro atoms. The van der Waals surface area contributed by atoms with E-state index in [1.54, 1.807) is 31.1 Å². The van der Waals surface area contributed by atoms with Crippen LogP contribution in [0.3, 0.4) is 0 Å². The number of amides is 2. The smallest absolute Gasteiger partial charge is 0.251 e. The highest BCUT2D eigenvalue weighted by atomic mass is 16.2. The van der Waals surface area contributed by atoms with Gasteiger partial charge in [0.15, 0.2) is 5.96 Å². The Kier molecular flexibility index (Phi) is 6.26. The van der Waals surface area contributed by atoms with E-state index in [9.17, 15) is 9.59 Å². The third-order valence-corrected chi connectivity index (χ3v) is 4.66. The van der Waals surface area contributed by atoms with Gasteiger partial charge >= 0.3 is 0 Å². The maximum atomic E-state index is 12.3. The first-order valence-corrected chi connectivity index (χ1v) is 9.24. The molecule has 7 nitrogen and oxygen atoms in total. The molecule has 0 aliphatic carbocycles. The van der Waals surface area contributed by atoms with E-state index < -0.39 is 0 Å². The monoisotopic (exact) mass is 379 g/mol. The van der Waals surface area contributed by atoms with Crippen molar-refractivity contribution < 1.29 is 9.59 Å². The van der Waals surface area contributed by atoms with E-state index in [4.69, 9.17) is 0 Å². The van der Waals surface area contributed by atoms with E-state index in [-0.39, 0.29) is 17.9 Å². The number of anilines is 1. The van der Waals surface area contributed by atoms with Crippen molar-refractivity contribution in [3.63, 3.8) is 0 Å². The molecule has 3 rings (SSSR count). The Labute approximate surface area is 164 Å². The van der Waals surface area contributed by atoms with Gasteiger partial charge < -0.3 is 20.9 Å². The fourth-order valence-corrected chi connectivity index (χ4v) is 3.15. The van der Waals surface area contributed by atoms with Gasteiger partial charge in [-0.3, -0.25) is 14.6 Å². The van der Waals surface area contributed by atoms with Crippen LogP contribution in [0, 0.1) is 0 Å². The number of hydrogen-bond donors (Lipinski definition) is 3. The van der Waals surface area contributed by atoms with Crippen molar-refractivity contribution in [3.8, 4) is 0 Å². The van der Waals surface area contributed by atoms with Gasteiger partial charge in [-0.1, -0.05) is 30.3 Å². The van der Waals surface area contributed by atoms with Crippen LogP contribution in [0.1, 0.15) is 22.3 Å². The van der Waals surface area contributed by atoms with Crippen molar-refractivity contribution >= 4 is 23.5 Å². The van der Waals surface area contributed by atoms with E-state index in [0.717, 1.165) is 11.3 Å². The normalized spacial score (nSPS) is 16.8. The fraction of sp³-hybridized carbons (Fsp3) is 0.286. The molecule has 0 bridgehead atoms. The number of nitrogens with zero attached hydrogens (tertiary/aromatic N) is 2. The predicted molar refractivity (Wildman–Crippen MR) is 110 cm³/mol. The molecule has 1 aliphatic rings. The lowest BCUT2D eigenvalue weighted by atomic mass is 10.1. The summed E-state index contributed by atoms with van der Waals surface area (Å²) in [5.74, 6) is 0.637. The first kappa shape index (κ1) is 19.4. The van der Waals surface area contributed by atoms with Crippen LogP contribution in [0.2, 0.25) is 0 Å². The maximum Gasteiger partial charge on any atom is 0.251 e. The van der Waals surface area contributed by atoms with E-state index in [1.807, 2.05) is 42.5 Å². The highest BCUT2D eigenvalue weighted by Crippen LogP contribution is 2.20. The zero-order valence-electron chi connectivity index (χ0n) is 16.1. The second-order valence-corrected chi connectivity index (χ2v) is 6.59. The molecule has 0 saturated carbocycles. The molecule has 7 heteroatoms. The number of rotatable bonds is 5. The molecule has 1 unspecified atom stereocenters. The topological polar surface area (TPSA) is 85.8 Å². The van der Waals surface area contributed by atoms with Crippen molar-refractivity contribution in [2.45, 2.75) is 19.0 Å². The minimum absolute atomic E-state index is 0.00506. The first-order valence-electron chi connectivity index (χ1n) is 9.24. The molecule has 146 valence electrons. The van der Waals surface area contributed by atoms with Gasteiger partial charge in [-0.15, -0.1) is 0 Å². The van der Waals surface area contributed by atoms with Gasteiger partial charge in [0.05, 0.1) is 6.04 Å². The molecule has 3 N–H and O–H groups in total. The molecule has 1 aliphatic heterocycles. The average molecular weight is 379 g/mol. The Morgan fingerprint density at radius 1 is 1.14 bits per heavy atom. The second-order valence-electron chi connectivity index (χ2n) is 6.59. The zero-order valence-corrected chi connectivity index (χ0v) is 16.1. The lowest BCUT2D eigenvalue weighted by Crippen LogP contribution is -2.44. The Morgan fingerprint density at radius 3 is 2.50 bits per heavy atom. The summed E-state index contributed by atoms with van der Waals surface area (Å²) in [6, 6.07) is 17.1. The zero-order chi connectivity index (χ0) is 19.9. The second kappa shape index (κ2) is 9.03. The molecule has 2 amide bonds.